The van der Waals surface area contributed by atoms with Gasteiger partial charge < -0.3 is 4.90 Å². The minimum atomic E-state index is 0.795. The zero-order valence-electron chi connectivity index (χ0n) is 11.3. The number of fused-ring (bicyclic) bond motifs is 2. The monoisotopic (exact) mass is 265 g/mol. The van der Waals surface area contributed by atoms with E-state index in [1.807, 2.05) is 19.1 Å². The van der Waals surface area contributed by atoms with Crippen molar-refractivity contribution in [3.8, 4) is 0 Å². The van der Waals surface area contributed by atoms with Crippen LogP contribution in [-0.4, -0.2) is 26.4 Å². The van der Waals surface area contributed by atoms with Crippen LogP contribution in [0.5, 0.6) is 0 Å². The van der Waals surface area contributed by atoms with Crippen LogP contribution in [0.2, 0.25) is 0 Å². The Balaban J connectivity index is 1.72. The highest BCUT2D eigenvalue weighted by atomic mass is 15.4. The van der Waals surface area contributed by atoms with Crippen LogP contribution >= 0.6 is 0 Å². The third-order valence-corrected chi connectivity index (χ3v) is 3.86. The summed E-state index contributed by atoms with van der Waals surface area (Å²) in [7, 11) is 0. The largest absolute Gasteiger partial charge is 0.351 e. The van der Waals surface area contributed by atoms with E-state index in [1.54, 1.807) is 4.52 Å². The van der Waals surface area contributed by atoms with Crippen molar-refractivity contribution in [1.29, 1.82) is 0 Å². The standard InChI is InChI=1S/C15H15N5/c1-11-16-17-14-6-7-15(18-20(11)14)19-9-8-12-4-2-3-5-13(12)10-19/h2-7H,8-10H2,1H3. The van der Waals surface area contributed by atoms with E-state index >= 15 is 0 Å². The molecule has 2 aromatic heterocycles. The molecule has 0 aliphatic carbocycles. The second-order valence-corrected chi connectivity index (χ2v) is 5.15. The first-order valence-electron chi connectivity index (χ1n) is 6.82. The Bertz CT molecular complexity index is 777. The Morgan fingerprint density at radius 2 is 1.85 bits per heavy atom. The number of benzene rings is 1. The van der Waals surface area contributed by atoms with Gasteiger partial charge in [0.2, 0.25) is 0 Å². The van der Waals surface area contributed by atoms with E-state index < -0.39 is 0 Å². The molecule has 1 aromatic carbocycles. The van der Waals surface area contributed by atoms with Gasteiger partial charge in [-0.25, -0.2) is 0 Å². The van der Waals surface area contributed by atoms with Gasteiger partial charge in [0.15, 0.2) is 11.5 Å². The number of aromatic nitrogens is 4. The van der Waals surface area contributed by atoms with Crippen molar-refractivity contribution in [1.82, 2.24) is 19.8 Å². The van der Waals surface area contributed by atoms with Crippen LogP contribution in [0.1, 0.15) is 17.0 Å². The van der Waals surface area contributed by atoms with E-state index in [1.165, 1.54) is 11.1 Å². The minimum absolute atomic E-state index is 0.795. The summed E-state index contributed by atoms with van der Waals surface area (Å²) in [5.41, 5.74) is 3.63. The summed E-state index contributed by atoms with van der Waals surface area (Å²) in [4.78, 5) is 2.31. The molecule has 0 unspecified atom stereocenters. The van der Waals surface area contributed by atoms with Gasteiger partial charge in [0.25, 0.3) is 0 Å². The molecule has 4 rings (SSSR count). The zero-order chi connectivity index (χ0) is 13.5. The Labute approximate surface area is 116 Å². The average Bonchev–Trinajstić information content (AvgIpc) is 2.88. The first-order valence-corrected chi connectivity index (χ1v) is 6.82. The molecule has 0 saturated heterocycles. The number of anilines is 1. The molecule has 1 aliphatic heterocycles. The van der Waals surface area contributed by atoms with E-state index in [9.17, 15) is 0 Å². The predicted molar refractivity (Wildman–Crippen MR) is 76.7 cm³/mol. The molecule has 5 heteroatoms. The Morgan fingerprint density at radius 1 is 1.00 bits per heavy atom. The molecule has 3 heterocycles. The lowest BCUT2D eigenvalue weighted by atomic mass is 10.00. The van der Waals surface area contributed by atoms with Gasteiger partial charge in [-0.15, -0.1) is 15.3 Å². The Morgan fingerprint density at radius 3 is 2.75 bits per heavy atom. The molecule has 0 saturated carbocycles. The number of aryl methyl sites for hydroxylation is 1. The van der Waals surface area contributed by atoms with Gasteiger partial charge in [-0.05, 0) is 36.6 Å². The van der Waals surface area contributed by atoms with Gasteiger partial charge >= 0.3 is 0 Å². The first kappa shape index (κ1) is 11.4. The Kier molecular flexibility index (Phi) is 2.45. The molecule has 0 radical (unpaired) electrons. The molecule has 0 bridgehead atoms. The molecule has 0 N–H and O–H groups in total. The lowest BCUT2D eigenvalue weighted by Crippen LogP contribution is -2.31. The molecule has 0 amide bonds. The minimum Gasteiger partial charge on any atom is -0.351 e. The van der Waals surface area contributed by atoms with Crippen molar-refractivity contribution in [2.45, 2.75) is 19.9 Å². The molecule has 0 fully saturated rings. The fourth-order valence-corrected chi connectivity index (χ4v) is 2.75. The van der Waals surface area contributed by atoms with Crippen LogP contribution in [0, 0.1) is 6.92 Å². The quantitative estimate of drug-likeness (QED) is 0.675. The number of hydrogen-bond donors (Lipinski definition) is 0. The van der Waals surface area contributed by atoms with Gasteiger partial charge in [0.1, 0.15) is 5.82 Å². The maximum absolute atomic E-state index is 4.65. The highest BCUT2D eigenvalue weighted by molar-refractivity contribution is 5.48. The van der Waals surface area contributed by atoms with E-state index in [-0.39, 0.29) is 0 Å². The number of hydrogen-bond acceptors (Lipinski definition) is 4. The normalized spacial score (nSPS) is 14.6. The molecule has 1 aliphatic rings. The van der Waals surface area contributed by atoms with E-state index in [2.05, 4.69) is 44.5 Å². The van der Waals surface area contributed by atoms with Gasteiger partial charge in [-0.1, -0.05) is 24.3 Å². The topological polar surface area (TPSA) is 46.3 Å². The molecule has 0 atom stereocenters. The van der Waals surface area contributed by atoms with Crippen molar-refractivity contribution in [3.05, 3.63) is 53.3 Å². The summed E-state index contributed by atoms with van der Waals surface area (Å²) < 4.78 is 1.80. The van der Waals surface area contributed by atoms with Crippen LogP contribution in [-0.2, 0) is 13.0 Å². The second-order valence-electron chi connectivity index (χ2n) is 5.15. The second kappa shape index (κ2) is 4.30. The fraction of sp³-hybridized carbons (Fsp3) is 0.267. The smallest absolute Gasteiger partial charge is 0.178 e. The molecular weight excluding hydrogens is 250 g/mol. The maximum Gasteiger partial charge on any atom is 0.178 e. The summed E-state index contributed by atoms with van der Waals surface area (Å²) in [5, 5.41) is 12.8. The van der Waals surface area contributed by atoms with Crippen molar-refractivity contribution in [2.24, 2.45) is 0 Å². The van der Waals surface area contributed by atoms with Gasteiger partial charge in [0, 0.05) is 13.1 Å². The average molecular weight is 265 g/mol. The highest BCUT2D eigenvalue weighted by Crippen LogP contribution is 2.23. The van der Waals surface area contributed by atoms with Crippen molar-refractivity contribution in [2.75, 3.05) is 11.4 Å². The van der Waals surface area contributed by atoms with Gasteiger partial charge in [-0.3, -0.25) is 0 Å². The van der Waals surface area contributed by atoms with Crippen molar-refractivity contribution >= 4 is 11.5 Å². The highest BCUT2D eigenvalue weighted by Gasteiger charge is 2.17. The number of nitrogens with zero attached hydrogens (tertiary/aromatic N) is 5. The van der Waals surface area contributed by atoms with Gasteiger partial charge in [-0.2, -0.15) is 4.52 Å². The van der Waals surface area contributed by atoms with E-state index in [0.717, 1.165) is 36.8 Å². The van der Waals surface area contributed by atoms with Crippen molar-refractivity contribution < 1.29 is 0 Å². The van der Waals surface area contributed by atoms with Crippen LogP contribution in [0.4, 0.5) is 5.82 Å². The Hall–Kier alpha value is -2.43. The predicted octanol–water partition coefficient (Wildman–Crippen LogP) is 2.00. The summed E-state index contributed by atoms with van der Waals surface area (Å²) in [6.07, 6.45) is 1.07. The SMILES string of the molecule is Cc1nnc2ccc(N3CCc4ccccc4C3)nn12. The van der Waals surface area contributed by atoms with Crippen LogP contribution in [0.15, 0.2) is 36.4 Å². The third-order valence-electron chi connectivity index (χ3n) is 3.86. The fourth-order valence-electron chi connectivity index (χ4n) is 2.75. The van der Waals surface area contributed by atoms with E-state index in [4.69, 9.17) is 0 Å². The summed E-state index contributed by atoms with van der Waals surface area (Å²) >= 11 is 0. The van der Waals surface area contributed by atoms with E-state index in [0.29, 0.717) is 0 Å². The van der Waals surface area contributed by atoms with Gasteiger partial charge in [0.05, 0.1) is 0 Å². The lowest BCUT2D eigenvalue weighted by molar-refractivity contribution is 0.705. The molecular formula is C15H15N5. The van der Waals surface area contributed by atoms with Crippen LogP contribution in [0.3, 0.4) is 0 Å². The summed E-state index contributed by atoms with van der Waals surface area (Å²) in [6.45, 7) is 3.83. The third kappa shape index (κ3) is 1.74. The molecule has 0 spiro atoms. The lowest BCUT2D eigenvalue weighted by Gasteiger charge is -2.29. The zero-order valence-corrected chi connectivity index (χ0v) is 11.3. The summed E-state index contributed by atoms with van der Waals surface area (Å²) in [5.74, 6) is 1.80. The molecule has 3 aromatic rings. The maximum atomic E-state index is 4.65. The first-order chi connectivity index (χ1) is 9.81. The number of rotatable bonds is 1. The van der Waals surface area contributed by atoms with Crippen molar-refractivity contribution in [3.63, 3.8) is 0 Å². The summed E-state index contributed by atoms with van der Waals surface area (Å²) in [6, 6.07) is 12.6. The molecule has 20 heavy (non-hydrogen) atoms. The molecule has 5 nitrogen and oxygen atoms in total. The van der Waals surface area contributed by atoms with Crippen LogP contribution < -0.4 is 4.90 Å². The molecule has 100 valence electrons. The van der Waals surface area contributed by atoms with Crippen LogP contribution in [0.25, 0.3) is 5.65 Å².